The van der Waals surface area contributed by atoms with E-state index in [1.54, 1.807) is 17.7 Å². The summed E-state index contributed by atoms with van der Waals surface area (Å²) in [5, 5.41) is 8.96. The second kappa shape index (κ2) is 6.06. The molecule has 0 saturated heterocycles. The number of aryl methyl sites for hydroxylation is 1. The van der Waals surface area contributed by atoms with Crippen LogP contribution in [0.1, 0.15) is 25.1 Å². The van der Waals surface area contributed by atoms with Gasteiger partial charge in [-0.1, -0.05) is 13.8 Å². The van der Waals surface area contributed by atoms with Crippen LogP contribution in [0.15, 0.2) is 18.5 Å². The minimum atomic E-state index is -4.46. The molecule has 0 fully saturated rings. The summed E-state index contributed by atoms with van der Waals surface area (Å²) in [6, 6.07) is 1.52. The van der Waals surface area contributed by atoms with Gasteiger partial charge in [0.15, 0.2) is 5.69 Å². The number of pyridine rings is 1. The minimum Gasteiger partial charge on any atom is -0.395 e. The third-order valence-corrected chi connectivity index (χ3v) is 2.59. The van der Waals surface area contributed by atoms with Gasteiger partial charge in [0.2, 0.25) is 0 Å². The van der Waals surface area contributed by atoms with E-state index in [0.29, 0.717) is 11.1 Å². The lowest BCUT2D eigenvalue weighted by Crippen LogP contribution is -2.09. The van der Waals surface area contributed by atoms with Crippen LogP contribution in [0.25, 0.3) is 10.9 Å². The number of nitrogens with zero attached hydrogens (tertiary/aromatic N) is 2. The third kappa shape index (κ3) is 3.07. The first-order valence-corrected chi connectivity index (χ1v) is 6.07. The van der Waals surface area contributed by atoms with E-state index in [1.165, 1.54) is 6.07 Å². The molecule has 2 heterocycles. The number of aliphatic hydroxyl groups is 1. The number of fused-ring (bicyclic) bond motifs is 1. The van der Waals surface area contributed by atoms with Gasteiger partial charge < -0.3 is 9.67 Å². The maximum atomic E-state index is 12.8. The van der Waals surface area contributed by atoms with E-state index >= 15 is 0 Å². The van der Waals surface area contributed by atoms with Gasteiger partial charge in [0.25, 0.3) is 0 Å². The lowest BCUT2D eigenvalue weighted by atomic mass is 10.1. The van der Waals surface area contributed by atoms with Gasteiger partial charge in [0, 0.05) is 24.3 Å². The monoisotopic (exact) mass is 274 g/mol. The number of aliphatic hydroxyl groups excluding tert-OH is 1. The molecule has 0 aliphatic heterocycles. The average molecular weight is 274 g/mol. The fraction of sp³-hybridized carbons (Fsp3) is 0.462. The van der Waals surface area contributed by atoms with Crippen LogP contribution >= 0.6 is 0 Å². The van der Waals surface area contributed by atoms with E-state index < -0.39 is 11.9 Å². The zero-order valence-electron chi connectivity index (χ0n) is 11.1. The molecule has 6 heteroatoms. The zero-order chi connectivity index (χ0) is 14.6. The van der Waals surface area contributed by atoms with Crippen LogP contribution in [-0.2, 0) is 12.7 Å². The number of hydrogen-bond donors (Lipinski definition) is 1. The number of hydrogen-bond acceptors (Lipinski definition) is 2. The van der Waals surface area contributed by atoms with Gasteiger partial charge in [-0.15, -0.1) is 0 Å². The van der Waals surface area contributed by atoms with Crippen molar-refractivity contribution in [3.63, 3.8) is 0 Å². The van der Waals surface area contributed by atoms with Crippen LogP contribution in [0.4, 0.5) is 13.2 Å². The van der Waals surface area contributed by atoms with Crippen molar-refractivity contribution < 1.29 is 18.3 Å². The Bertz CT molecular complexity index is 547. The van der Waals surface area contributed by atoms with Crippen LogP contribution in [0.2, 0.25) is 0 Å². The normalized spacial score (nSPS) is 11.3. The van der Waals surface area contributed by atoms with Gasteiger partial charge in [-0.05, 0) is 18.6 Å². The van der Waals surface area contributed by atoms with E-state index in [4.69, 9.17) is 5.11 Å². The van der Waals surface area contributed by atoms with Crippen molar-refractivity contribution in [1.29, 1.82) is 0 Å². The summed E-state index contributed by atoms with van der Waals surface area (Å²) in [6.45, 7) is 5.76. The standard InChI is InChI=1S/C11H11F3N2O.C2H6/c1-7-6-16(4-5-17)8-2-3-15-10(9(7)8)11(12,13)14;1-2/h2-3,6,17H,4-5H2,1H3;1-2H3. The van der Waals surface area contributed by atoms with Crippen LogP contribution in [-0.4, -0.2) is 21.3 Å². The van der Waals surface area contributed by atoms with Gasteiger partial charge in [-0.25, -0.2) is 0 Å². The molecule has 2 aromatic heterocycles. The molecule has 2 rings (SSSR count). The molecule has 0 aromatic carbocycles. The van der Waals surface area contributed by atoms with Crippen LogP contribution < -0.4 is 0 Å². The maximum Gasteiger partial charge on any atom is 0.434 e. The highest BCUT2D eigenvalue weighted by Gasteiger charge is 2.35. The second-order valence-corrected chi connectivity index (χ2v) is 3.78. The summed E-state index contributed by atoms with van der Waals surface area (Å²) in [4.78, 5) is 3.41. The Morgan fingerprint density at radius 3 is 2.47 bits per heavy atom. The number of rotatable bonds is 2. The maximum absolute atomic E-state index is 12.8. The third-order valence-electron chi connectivity index (χ3n) is 2.59. The molecule has 3 nitrogen and oxygen atoms in total. The first-order valence-electron chi connectivity index (χ1n) is 6.07. The largest absolute Gasteiger partial charge is 0.434 e. The van der Waals surface area contributed by atoms with Crippen molar-refractivity contribution in [2.75, 3.05) is 6.61 Å². The van der Waals surface area contributed by atoms with Crippen LogP contribution in [0.3, 0.4) is 0 Å². The Hall–Kier alpha value is -1.56. The molecular weight excluding hydrogens is 257 g/mol. The van der Waals surface area contributed by atoms with Crippen molar-refractivity contribution >= 4 is 10.9 Å². The molecule has 0 aliphatic carbocycles. The zero-order valence-corrected chi connectivity index (χ0v) is 11.1. The van der Waals surface area contributed by atoms with E-state index in [1.807, 2.05) is 13.8 Å². The lowest BCUT2D eigenvalue weighted by Gasteiger charge is -2.08. The number of halogens is 3. The Morgan fingerprint density at radius 2 is 1.95 bits per heavy atom. The molecule has 1 N–H and O–H groups in total. The summed E-state index contributed by atoms with van der Waals surface area (Å²) in [7, 11) is 0. The van der Waals surface area contributed by atoms with Gasteiger partial charge >= 0.3 is 6.18 Å². The number of alkyl halides is 3. The molecule has 0 bridgehead atoms. The van der Waals surface area contributed by atoms with E-state index in [9.17, 15) is 13.2 Å². The topological polar surface area (TPSA) is 38.0 Å². The molecule has 2 aromatic rings. The lowest BCUT2D eigenvalue weighted by molar-refractivity contribution is -0.139. The fourth-order valence-corrected chi connectivity index (χ4v) is 1.96. The molecule has 0 spiro atoms. The van der Waals surface area contributed by atoms with Crippen molar-refractivity contribution in [2.24, 2.45) is 0 Å². The first kappa shape index (κ1) is 15.5. The molecule has 106 valence electrons. The Balaban J connectivity index is 0.000000861. The molecule has 0 amide bonds. The van der Waals surface area contributed by atoms with Gasteiger partial charge in [-0.3, -0.25) is 4.98 Å². The van der Waals surface area contributed by atoms with Gasteiger partial charge in [-0.2, -0.15) is 13.2 Å². The molecule has 0 aliphatic rings. The highest BCUT2D eigenvalue weighted by atomic mass is 19.4. The van der Waals surface area contributed by atoms with Crippen molar-refractivity contribution in [1.82, 2.24) is 9.55 Å². The molecular formula is C13H17F3N2O. The van der Waals surface area contributed by atoms with Crippen molar-refractivity contribution in [3.8, 4) is 0 Å². The summed E-state index contributed by atoms with van der Waals surface area (Å²) in [5.74, 6) is 0. The molecule has 0 atom stereocenters. The summed E-state index contributed by atoms with van der Waals surface area (Å²) < 4.78 is 39.9. The Labute approximate surface area is 109 Å². The quantitative estimate of drug-likeness (QED) is 0.911. The Kier molecular flexibility index (Phi) is 4.94. The van der Waals surface area contributed by atoms with E-state index in [2.05, 4.69) is 4.98 Å². The van der Waals surface area contributed by atoms with Gasteiger partial charge in [0.05, 0.1) is 12.1 Å². The van der Waals surface area contributed by atoms with Crippen LogP contribution in [0, 0.1) is 6.92 Å². The summed E-state index contributed by atoms with van der Waals surface area (Å²) in [6.07, 6.45) is -1.73. The highest BCUT2D eigenvalue weighted by molar-refractivity contribution is 5.86. The van der Waals surface area contributed by atoms with E-state index in [-0.39, 0.29) is 18.5 Å². The SMILES string of the molecule is CC.Cc1cn(CCO)c2ccnc(C(F)(F)F)c12. The summed E-state index contributed by atoms with van der Waals surface area (Å²) >= 11 is 0. The molecule has 0 radical (unpaired) electrons. The summed E-state index contributed by atoms with van der Waals surface area (Å²) in [5.41, 5.74) is 0.0805. The minimum absolute atomic E-state index is 0.105. The predicted molar refractivity (Wildman–Crippen MR) is 67.9 cm³/mol. The first-order chi connectivity index (χ1) is 8.95. The molecule has 0 unspecified atom stereocenters. The molecule has 0 saturated carbocycles. The van der Waals surface area contributed by atoms with Crippen LogP contribution in [0.5, 0.6) is 0 Å². The van der Waals surface area contributed by atoms with Crippen molar-refractivity contribution in [3.05, 3.63) is 29.7 Å². The smallest absolute Gasteiger partial charge is 0.395 e. The fourth-order valence-electron chi connectivity index (χ4n) is 1.96. The van der Waals surface area contributed by atoms with Gasteiger partial charge in [0.1, 0.15) is 0 Å². The van der Waals surface area contributed by atoms with E-state index in [0.717, 1.165) is 6.20 Å². The average Bonchev–Trinajstić information content (AvgIpc) is 2.69. The Morgan fingerprint density at radius 1 is 1.32 bits per heavy atom. The highest BCUT2D eigenvalue weighted by Crippen LogP contribution is 2.35. The molecule has 19 heavy (non-hydrogen) atoms. The number of aromatic nitrogens is 2. The van der Waals surface area contributed by atoms with Crippen molar-refractivity contribution in [2.45, 2.75) is 33.5 Å². The predicted octanol–water partition coefficient (Wildman–Crippen LogP) is 3.38. The second-order valence-electron chi connectivity index (χ2n) is 3.78.